The monoisotopic (exact) mass is 244 g/mol. The molecule has 11 heavy (non-hydrogen) atoms. The van der Waals surface area contributed by atoms with E-state index in [1.807, 2.05) is 0 Å². The normalized spacial score (nSPS) is 10.9. The van der Waals surface area contributed by atoms with Gasteiger partial charge in [-0.1, -0.05) is 0 Å². The van der Waals surface area contributed by atoms with E-state index in [1.54, 1.807) is 0 Å². The van der Waals surface area contributed by atoms with Gasteiger partial charge in [-0.25, -0.2) is 0 Å². The molecule has 0 amide bonds. The van der Waals surface area contributed by atoms with E-state index in [-0.39, 0.29) is 0 Å². The van der Waals surface area contributed by atoms with Gasteiger partial charge in [0.25, 0.3) is 0 Å². The Bertz CT molecular complexity index is 74.8. The summed E-state index contributed by atoms with van der Waals surface area (Å²) in [5.74, 6) is 2.17. The van der Waals surface area contributed by atoms with Crippen LogP contribution in [0.4, 0.5) is 0 Å². The average Bonchev–Trinajstić information content (AvgIpc) is 2.05. The second-order valence-corrected chi connectivity index (χ2v) is 7.58. The van der Waals surface area contributed by atoms with Gasteiger partial charge >= 0.3 is 76.4 Å². The van der Waals surface area contributed by atoms with E-state index in [0.29, 0.717) is 14.5 Å². The molecule has 68 valence electrons. The van der Waals surface area contributed by atoms with Crippen LogP contribution in [0.1, 0.15) is 26.7 Å². The minimum atomic E-state index is -0.508. The van der Waals surface area contributed by atoms with Gasteiger partial charge in [-0.2, -0.15) is 0 Å². The Morgan fingerprint density at radius 1 is 1.09 bits per heavy atom. The van der Waals surface area contributed by atoms with Crippen LogP contribution in [0.15, 0.2) is 0 Å². The molecular weight excluding hydrogens is 226 g/mol. The average molecular weight is 243 g/mol. The fourth-order valence-electron chi connectivity index (χ4n) is 0.474. The van der Waals surface area contributed by atoms with Gasteiger partial charge in [0.1, 0.15) is 0 Å². The summed E-state index contributed by atoms with van der Waals surface area (Å²) in [6.07, 6.45) is 2.18. The Hall–Kier alpha value is 0.869. The van der Waals surface area contributed by atoms with Crippen molar-refractivity contribution in [2.24, 2.45) is 0 Å². The van der Waals surface area contributed by atoms with Crippen LogP contribution >= 0.6 is 7.07 Å². The van der Waals surface area contributed by atoms with E-state index in [0.717, 1.165) is 26.1 Å². The van der Waals surface area contributed by atoms with Crippen molar-refractivity contribution < 1.29 is 9.05 Å². The van der Waals surface area contributed by atoms with Crippen molar-refractivity contribution in [3.63, 3.8) is 0 Å². The third kappa shape index (κ3) is 7.24. The molecule has 0 rings (SSSR count). The standard InChI is InChI=1S/C7H17O2PSe/c1-4-6-8-10(11-3)9-7-5-2/h4-7H2,1-3H3. The molecule has 0 aliphatic heterocycles. The summed E-state index contributed by atoms with van der Waals surface area (Å²) in [7, 11) is -0.508. The van der Waals surface area contributed by atoms with Crippen LogP contribution in [-0.4, -0.2) is 27.7 Å². The van der Waals surface area contributed by atoms with Gasteiger partial charge in [0.05, 0.1) is 0 Å². The van der Waals surface area contributed by atoms with Gasteiger partial charge in [-0.15, -0.1) is 0 Å². The number of hydrogen-bond acceptors (Lipinski definition) is 2. The van der Waals surface area contributed by atoms with Gasteiger partial charge < -0.3 is 0 Å². The zero-order valence-electron chi connectivity index (χ0n) is 7.50. The molecule has 0 N–H and O–H groups in total. The van der Waals surface area contributed by atoms with E-state index in [9.17, 15) is 0 Å². The van der Waals surface area contributed by atoms with Crippen molar-refractivity contribution >= 4 is 21.6 Å². The summed E-state index contributed by atoms with van der Waals surface area (Å²) in [4.78, 5) is 0. The van der Waals surface area contributed by atoms with Gasteiger partial charge in [0.2, 0.25) is 0 Å². The Kier molecular flexibility index (Phi) is 9.67. The first kappa shape index (κ1) is 11.9. The van der Waals surface area contributed by atoms with Crippen molar-refractivity contribution in [2.75, 3.05) is 13.2 Å². The molecule has 0 spiro atoms. The van der Waals surface area contributed by atoms with Crippen LogP contribution in [-0.2, 0) is 9.05 Å². The van der Waals surface area contributed by atoms with Crippen LogP contribution in [0.5, 0.6) is 0 Å². The summed E-state index contributed by atoms with van der Waals surface area (Å²) in [5.41, 5.74) is 0. The molecule has 0 fully saturated rings. The first-order valence-corrected chi connectivity index (χ1v) is 9.05. The van der Waals surface area contributed by atoms with Gasteiger partial charge in [-0.05, 0) is 0 Å². The summed E-state index contributed by atoms with van der Waals surface area (Å²) < 4.78 is 11.0. The molecule has 0 aromatic rings. The maximum atomic E-state index is 5.51. The summed E-state index contributed by atoms with van der Waals surface area (Å²) in [6.45, 7) is 5.95. The molecule has 0 aliphatic carbocycles. The quantitative estimate of drug-likeness (QED) is 0.505. The van der Waals surface area contributed by atoms with Crippen LogP contribution in [0.3, 0.4) is 0 Å². The van der Waals surface area contributed by atoms with E-state index < -0.39 is 7.07 Å². The van der Waals surface area contributed by atoms with Crippen molar-refractivity contribution in [3.8, 4) is 0 Å². The van der Waals surface area contributed by atoms with E-state index >= 15 is 0 Å². The zero-order chi connectivity index (χ0) is 8.53. The number of rotatable bonds is 7. The Morgan fingerprint density at radius 2 is 1.55 bits per heavy atom. The van der Waals surface area contributed by atoms with Crippen molar-refractivity contribution in [2.45, 2.75) is 32.5 Å². The zero-order valence-corrected chi connectivity index (χ0v) is 10.1. The van der Waals surface area contributed by atoms with Crippen molar-refractivity contribution in [1.29, 1.82) is 0 Å². The molecule has 0 aromatic heterocycles. The third-order valence-electron chi connectivity index (χ3n) is 0.951. The first-order chi connectivity index (χ1) is 5.35. The van der Waals surface area contributed by atoms with Crippen LogP contribution in [0.2, 0.25) is 5.82 Å². The molecule has 0 bridgehead atoms. The van der Waals surface area contributed by atoms with E-state index in [4.69, 9.17) is 9.05 Å². The van der Waals surface area contributed by atoms with Gasteiger partial charge in [-0.3, -0.25) is 0 Å². The van der Waals surface area contributed by atoms with Crippen molar-refractivity contribution in [1.82, 2.24) is 0 Å². The summed E-state index contributed by atoms with van der Waals surface area (Å²) in [6, 6.07) is 0. The number of hydrogen-bond donors (Lipinski definition) is 0. The fraction of sp³-hybridized carbons (Fsp3) is 1.00. The second kappa shape index (κ2) is 8.96. The molecule has 0 saturated carbocycles. The molecule has 0 atom stereocenters. The Balaban J connectivity index is 3.25. The molecule has 0 aromatic carbocycles. The van der Waals surface area contributed by atoms with Gasteiger partial charge in [0.15, 0.2) is 0 Å². The van der Waals surface area contributed by atoms with Crippen molar-refractivity contribution in [3.05, 3.63) is 0 Å². The third-order valence-corrected chi connectivity index (χ3v) is 5.24. The molecule has 2 nitrogen and oxygen atoms in total. The van der Waals surface area contributed by atoms with Crippen LogP contribution in [0, 0.1) is 0 Å². The topological polar surface area (TPSA) is 18.5 Å². The molecule has 0 heterocycles. The summed E-state index contributed by atoms with van der Waals surface area (Å²) >= 11 is 0.514. The predicted molar refractivity (Wildman–Crippen MR) is 51.0 cm³/mol. The molecule has 0 radical (unpaired) electrons. The first-order valence-electron chi connectivity index (χ1n) is 3.95. The SMILES string of the molecule is CCCOP(OCCC)[Se]C. The fourth-order valence-corrected chi connectivity index (χ4v) is 3.69. The summed E-state index contributed by atoms with van der Waals surface area (Å²) in [5, 5.41) is 0. The Labute approximate surface area is 76.7 Å². The van der Waals surface area contributed by atoms with Crippen LogP contribution < -0.4 is 0 Å². The maximum absolute atomic E-state index is 5.51. The molecule has 4 heteroatoms. The molecule has 0 aliphatic rings. The minimum absolute atomic E-state index is 0.508. The second-order valence-electron chi connectivity index (χ2n) is 2.07. The molecule has 0 saturated heterocycles. The van der Waals surface area contributed by atoms with E-state index in [2.05, 4.69) is 19.7 Å². The predicted octanol–water partition coefficient (Wildman–Crippen LogP) is 2.82. The van der Waals surface area contributed by atoms with Gasteiger partial charge in [0, 0.05) is 0 Å². The molecular formula is C7H17O2PSe. The van der Waals surface area contributed by atoms with E-state index in [1.165, 1.54) is 0 Å². The van der Waals surface area contributed by atoms with Crippen LogP contribution in [0.25, 0.3) is 0 Å². The molecule has 0 unspecified atom stereocenters. The Morgan fingerprint density at radius 3 is 1.82 bits per heavy atom.